The third kappa shape index (κ3) is 2.52. The first kappa shape index (κ1) is 15.8. The minimum Gasteiger partial charge on any atom is -0.493 e. The molecular formula is C21H17NO5. The number of nitrogens with one attached hydrogen (secondary N) is 1. The largest absolute Gasteiger partial charge is 0.515 e. The lowest BCUT2D eigenvalue weighted by atomic mass is 10.0. The molecule has 0 atom stereocenters. The topological polar surface area (TPSA) is 73.7 Å². The third-order valence-corrected chi connectivity index (χ3v) is 4.71. The molecule has 1 aliphatic heterocycles. The summed E-state index contributed by atoms with van der Waals surface area (Å²) >= 11 is 0. The van der Waals surface area contributed by atoms with E-state index in [9.17, 15) is 4.79 Å². The van der Waals surface area contributed by atoms with Crippen molar-refractivity contribution in [2.24, 2.45) is 0 Å². The molecule has 0 bridgehead atoms. The average molecular weight is 363 g/mol. The average Bonchev–Trinajstić information content (AvgIpc) is 3.34. The summed E-state index contributed by atoms with van der Waals surface area (Å²) in [7, 11) is 0. The quantitative estimate of drug-likeness (QED) is 0.516. The van der Waals surface area contributed by atoms with Crippen molar-refractivity contribution in [1.29, 1.82) is 0 Å². The molecule has 27 heavy (non-hydrogen) atoms. The number of furan rings is 1. The first-order chi connectivity index (χ1) is 13.2. The fourth-order valence-corrected chi connectivity index (χ4v) is 3.54. The Morgan fingerprint density at radius 2 is 2.11 bits per heavy atom. The van der Waals surface area contributed by atoms with Crippen molar-refractivity contribution in [3.05, 3.63) is 48.0 Å². The van der Waals surface area contributed by atoms with Gasteiger partial charge in [-0.3, -0.25) is 0 Å². The second kappa shape index (κ2) is 6.09. The molecule has 0 unspecified atom stereocenters. The van der Waals surface area contributed by atoms with Crippen LogP contribution >= 0.6 is 0 Å². The monoisotopic (exact) mass is 363 g/mol. The van der Waals surface area contributed by atoms with E-state index in [1.807, 2.05) is 36.4 Å². The Morgan fingerprint density at radius 1 is 1.22 bits per heavy atom. The van der Waals surface area contributed by atoms with Gasteiger partial charge in [-0.25, -0.2) is 4.79 Å². The molecule has 0 saturated carbocycles. The maximum Gasteiger partial charge on any atom is 0.515 e. The number of aromatic nitrogens is 1. The summed E-state index contributed by atoms with van der Waals surface area (Å²) in [6.07, 6.45) is 0.0988. The van der Waals surface area contributed by atoms with E-state index >= 15 is 0 Å². The summed E-state index contributed by atoms with van der Waals surface area (Å²) in [5.74, 6) is 1.20. The van der Waals surface area contributed by atoms with Crippen LogP contribution in [-0.2, 0) is 11.2 Å². The van der Waals surface area contributed by atoms with E-state index < -0.39 is 6.16 Å². The molecule has 2 aromatic carbocycles. The van der Waals surface area contributed by atoms with E-state index in [0.29, 0.717) is 23.6 Å². The van der Waals surface area contributed by atoms with Crippen molar-refractivity contribution < 1.29 is 23.4 Å². The van der Waals surface area contributed by atoms with E-state index in [1.165, 1.54) is 0 Å². The molecule has 1 aliphatic rings. The molecule has 136 valence electrons. The van der Waals surface area contributed by atoms with E-state index in [0.717, 1.165) is 39.8 Å². The number of para-hydroxylation sites is 1. The van der Waals surface area contributed by atoms with Crippen LogP contribution in [-0.4, -0.2) is 24.4 Å². The molecule has 5 rings (SSSR count). The second-order valence-corrected chi connectivity index (χ2v) is 6.34. The van der Waals surface area contributed by atoms with Gasteiger partial charge < -0.3 is 23.6 Å². The number of carbonyl (C=O) groups is 1. The van der Waals surface area contributed by atoms with Crippen molar-refractivity contribution in [3.63, 3.8) is 0 Å². The molecule has 0 amide bonds. The summed E-state index contributed by atoms with van der Waals surface area (Å²) in [5.41, 5.74) is 4.92. The van der Waals surface area contributed by atoms with Gasteiger partial charge in [-0.15, -0.1) is 0 Å². The molecule has 0 saturated heterocycles. The highest BCUT2D eigenvalue weighted by molar-refractivity contribution is 6.10. The minimum atomic E-state index is -0.753. The number of aromatic amines is 1. The smallest absolute Gasteiger partial charge is 0.493 e. The van der Waals surface area contributed by atoms with Crippen molar-refractivity contribution in [2.45, 2.75) is 13.3 Å². The number of fused-ring (bicyclic) bond motifs is 4. The Labute approximate surface area is 154 Å². The summed E-state index contributed by atoms with van der Waals surface area (Å²) in [6.45, 7) is 2.65. The molecule has 3 heterocycles. The molecule has 4 aromatic rings. The first-order valence-corrected chi connectivity index (χ1v) is 8.88. The Morgan fingerprint density at radius 3 is 3.00 bits per heavy atom. The van der Waals surface area contributed by atoms with Crippen LogP contribution in [0.4, 0.5) is 4.79 Å². The fraction of sp³-hybridized carbons (Fsp3) is 0.190. The van der Waals surface area contributed by atoms with Gasteiger partial charge in [-0.2, -0.15) is 0 Å². The Balaban J connectivity index is 1.72. The van der Waals surface area contributed by atoms with Gasteiger partial charge in [0.1, 0.15) is 11.3 Å². The number of hydrogen-bond acceptors (Lipinski definition) is 5. The van der Waals surface area contributed by atoms with Gasteiger partial charge in [0.25, 0.3) is 0 Å². The van der Waals surface area contributed by atoms with Crippen molar-refractivity contribution >= 4 is 28.2 Å². The number of H-pyrrole nitrogens is 1. The highest BCUT2D eigenvalue weighted by Crippen LogP contribution is 2.43. The summed E-state index contributed by atoms with van der Waals surface area (Å²) in [6, 6.07) is 13.7. The van der Waals surface area contributed by atoms with E-state index in [4.69, 9.17) is 18.6 Å². The van der Waals surface area contributed by atoms with Crippen LogP contribution in [0.25, 0.3) is 33.2 Å². The maximum absolute atomic E-state index is 11.9. The van der Waals surface area contributed by atoms with E-state index in [2.05, 4.69) is 11.1 Å². The summed E-state index contributed by atoms with van der Waals surface area (Å²) < 4.78 is 22.1. The molecule has 2 aromatic heterocycles. The minimum absolute atomic E-state index is 0.240. The van der Waals surface area contributed by atoms with Crippen LogP contribution in [0.15, 0.2) is 46.9 Å². The molecular weight excluding hydrogens is 346 g/mol. The van der Waals surface area contributed by atoms with Gasteiger partial charge >= 0.3 is 6.16 Å². The van der Waals surface area contributed by atoms with Crippen molar-refractivity contribution in [1.82, 2.24) is 4.98 Å². The number of rotatable bonds is 3. The number of carbonyl (C=O) groups excluding carboxylic acids is 1. The maximum atomic E-state index is 11.9. The molecule has 6 heteroatoms. The van der Waals surface area contributed by atoms with Crippen LogP contribution < -0.4 is 9.47 Å². The lowest BCUT2D eigenvalue weighted by Crippen LogP contribution is -2.10. The van der Waals surface area contributed by atoms with Crippen molar-refractivity contribution in [2.75, 3.05) is 13.2 Å². The lowest BCUT2D eigenvalue weighted by Gasteiger charge is -2.07. The zero-order valence-electron chi connectivity index (χ0n) is 14.7. The van der Waals surface area contributed by atoms with Crippen LogP contribution in [0.1, 0.15) is 12.5 Å². The molecule has 0 fully saturated rings. The summed E-state index contributed by atoms with van der Waals surface area (Å²) in [4.78, 5) is 15.1. The Kier molecular flexibility index (Phi) is 3.57. The second-order valence-electron chi connectivity index (χ2n) is 6.34. The predicted molar refractivity (Wildman–Crippen MR) is 100 cm³/mol. The lowest BCUT2D eigenvalue weighted by molar-refractivity contribution is 0.103. The highest BCUT2D eigenvalue weighted by atomic mass is 16.7. The molecule has 0 spiro atoms. The van der Waals surface area contributed by atoms with Crippen molar-refractivity contribution in [3.8, 4) is 22.8 Å². The van der Waals surface area contributed by atoms with Gasteiger partial charge in [0.2, 0.25) is 5.88 Å². The van der Waals surface area contributed by atoms with Crippen LogP contribution in [0, 0.1) is 0 Å². The van der Waals surface area contributed by atoms with Crippen LogP contribution in [0.5, 0.6) is 11.6 Å². The molecule has 6 nitrogen and oxygen atoms in total. The number of hydrogen-bond donors (Lipinski definition) is 1. The standard InChI is InChI=1S/C21H17NO5/c1-2-24-21(23)27-20-17(13-7-8-15-12(11-13)9-10-25-15)19-18(22-20)14-5-3-4-6-16(14)26-19/h3-8,11,22H,2,9-10H2,1H3. The van der Waals surface area contributed by atoms with Gasteiger partial charge in [0, 0.05) is 11.8 Å². The zero-order chi connectivity index (χ0) is 18.4. The van der Waals surface area contributed by atoms with Crippen LogP contribution in [0.2, 0.25) is 0 Å². The molecule has 0 radical (unpaired) electrons. The third-order valence-electron chi connectivity index (χ3n) is 4.71. The normalized spacial score (nSPS) is 12.9. The van der Waals surface area contributed by atoms with Gasteiger partial charge in [0.05, 0.1) is 24.3 Å². The number of ether oxygens (including phenoxy) is 3. The van der Waals surface area contributed by atoms with Gasteiger partial charge in [-0.05, 0) is 42.3 Å². The number of benzene rings is 2. The summed E-state index contributed by atoms with van der Waals surface area (Å²) in [5, 5.41) is 0.928. The molecule has 0 aliphatic carbocycles. The Bertz CT molecular complexity index is 1170. The van der Waals surface area contributed by atoms with Gasteiger partial charge in [-0.1, -0.05) is 18.2 Å². The predicted octanol–water partition coefficient (Wildman–Crippen LogP) is 5.05. The highest BCUT2D eigenvalue weighted by Gasteiger charge is 2.24. The van der Waals surface area contributed by atoms with Crippen LogP contribution in [0.3, 0.4) is 0 Å². The SMILES string of the molecule is CCOC(=O)Oc1[nH]c2c(oc3ccccc32)c1-c1ccc2c(c1)CCO2. The first-order valence-electron chi connectivity index (χ1n) is 8.88. The fourth-order valence-electron chi connectivity index (χ4n) is 3.54. The Hall–Kier alpha value is -3.41. The zero-order valence-corrected chi connectivity index (χ0v) is 14.7. The van der Waals surface area contributed by atoms with E-state index in [-0.39, 0.29) is 6.61 Å². The van der Waals surface area contributed by atoms with Gasteiger partial charge in [0.15, 0.2) is 5.58 Å². The van der Waals surface area contributed by atoms with E-state index in [1.54, 1.807) is 6.92 Å². The molecule has 1 N–H and O–H groups in total.